The highest BCUT2D eigenvalue weighted by molar-refractivity contribution is 9.10. The van der Waals surface area contributed by atoms with Crippen LogP contribution >= 0.6 is 27.7 Å². The lowest BCUT2D eigenvalue weighted by Crippen LogP contribution is -2.14. The van der Waals surface area contributed by atoms with E-state index in [-0.39, 0.29) is 5.91 Å². The van der Waals surface area contributed by atoms with Crippen LogP contribution in [0.3, 0.4) is 0 Å². The van der Waals surface area contributed by atoms with Gasteiger partial charge in [-0.15, -0.1) is 11.8 Å². The average Bonchev–Trinajstić information content (AvgIpc) is 2.49. The Balaban J connectivity index is 1.91. The number of halogens is 1. The monoisotopic (exact) mass is 363 g/mol. The molecule has 0 aromatic heterocycles. The zero-order valence-electron chi connectivity index (χ0n) is 12.2. The van der Waals surface area contributed by atoms with Gasteiger partial charge in [0, 0.05) is 15.1 Å². The maximum absolute atomic E-state index is 12.0. The van der Waals surface area contributed by atoms with Crippen molar-refractivity contribution in [2.24, 2.45) is 0 Å². The molecule has 0 saturated heterocycles. The first-order valence-corrected chi connectivity index (χ1v) is 8.64. The van der Waals surface area contributed by atoms with Crippen LogP contribution in [-0.4, -0.2) is 11.7 Å². The van der Waals surface area contributed by atoms with E-state index in [1.807, 2.05) is 42.5 Å². The molecule has 0 unspecified atom stereocenters. The van der Waals surface area contributed by atoms with E-state index in [1.54, 1.807) is 11.8 Å². The van der Waals surface area contributed by atoms with Gasteiger partial charge in [-0.1, -0.05) is 41.1 Å². The van der Waals surface area contributed by atoms with Gasteiger partial charge in [-0.25, -0.2) is 0 Å². The molecule has 0 radical (unpaired) electrons. The zero-order valence-corrected chi connectivity index (χ0v) is 14.6. The number of hydrogen-bond donors (Lipinski definition) is 1. The number of hydrogen-bond acceptors (Lipinski definition) is 2. The average molecular weight is 364 g/mol. The Labute approximate surface area is 138 Å². The fourth-order valence-electron chi connectivity index (χ4n) is 1.89. The first kappa shape index (κ1) is 16.1. The number of carbonyl (C=O) groups excluding carboxylic acids is 1. The zero-order chi connectivity index (χ0) is 15.2. The lowest BCUT2D eigenvalue weighted by molar-refractivity contribution is -0.113. The van der Waals surface area contributed by atoms with Crippen LogP contribution in [0.4, 0.5) is 5.69 Å². The highest BCUT2D eigenvalue weighted by atomic mass is 79.9. The van der Waals surface area contributed by atoms with E-state index in [4.69, 9.17) is 0 Å². The summed E-state index contributed by atoms with van der Waals surface area (Å²) in [6, 6.07) is 14.1. The first-order chi connectivity index (χ1) is 10.1. The van der Waals surface area contributed by atoms with Crippen molar-refractivity contribution in [2.75, 3.05) is 11.1 Å². The highest BCUT2D eigenvalue weighted by Gasteiger charge is 2.06. The number of rotatable bonds is 5. The van der Waals surface area contributed by atoms with Crippen molar-refractivity contribution in [1.82, 2.24) is 0 Å². The van der Waals surface area contributed by atoms with Crippen LogP contribution in [0, 0.1) is 6.92 Å². The summed E-state index contributed by atoms with van der Waals surface area (Å²) in [5.74, 6) is 0.427. The Morgan fingerprint density at radius 3 is 2.57 bits per heavy atom. The standard InChI is InChI=1S/C17H18BrNOS/c1-3-13-5-8-15(9-6-13)19-17(20)11-21-16-10-14(18)7-4-12(16)2/h4-10H,3,11H2,1-2H3,(H,19,20). The molecule has 2 aromatic rings. The molecule has 4 heteroatoms. The third-order valence-electron chi connectivity index (χ3n) is 3.15. The molecule has 0 fully saturated rings. The van der Waals surface area contributed by atoms with Crippen LogP contribution in [0.5, 0.6) is 0 Å². The fraction of sp³-hybridized carbons (Fsp3) is 0.235. The van der Waals surface area contributed by atoms with Crippen molar-refractivity contribution in [3.8, 4) is 0 Å². The summed E-state index contributed by atoms with van der Waals surface area (Å²) in [6.07, 6.45) is 1.01. The molecule has 21 heavy (non-hydrogen) atoms. The number of nitrogens with one attached hydrogen (secondary N) is 1. The Kier molecular flexibility index (Phi) is 5.88. The summed E-state index contributed by atoms with van der Waals surface area (Å²) in [6.45, 7) is 4.17. The van der Waals surface area contributed by atoms with Gasteiger partial charge in [-0.3, -0.25) is 4.79 Å². The molecule has 2 rings (SSSR count). The summed E-state index contributed by atoms with van der Waals surface area (Å²) < 4.78 is 1.03. The fourth-order valence-corrected chi connectivity index (χ4v) is 3.27. The molecule has 0 spiro atoms. The van der Waals surface area contributed by atoms with Crippen molar-refractivity contribution in [1.29, 1.82) is 0 Å². The molecule has 0 bridgehead atoms. The van der Waals surface area contributed by atoms with E-state index < -0.39 is 0 Å². The number of thioether (sulfide) groups is 1. The predicted octanol–water partition coefficient (Wildman–Crippen LogP) is 5.05. The van der Waals surface area contributed by atoms with Crippen molar-refractivity contribution in [3.05, 3.63) is 58.1 Å². The Morgan fingerprint density at radius 1 is 1.19 bits per heavy atom. The number of anilines is 1. The molecule has 0 aliphatic heterocycles. The van der Waals surface area contributed by atoms with E-state index in [2.05, 4.69) is 35.1 Å². The Morgan fingerprint density at radius 2 is 1.90 bits per heavy atom. The second kappa shape index (κ2) is 7.66. The van der Waals surface area contributed by atoms with Crippen LogP contribution in [0.25, 0.3) is 0 Å². The van der Waals surface area contributed by atoms with E-state index in [1.165, 1.54) is 11.1 Å². The molecule has 0 aliphatic carbocycles. The van der Waals surface area contributed by atoms with Crippen LogP contribution in [-0.2, 0) is 11.2 Å². The summed E-state index contributed by atoms with van der Waals surface area (Å²) in [5.41, 5.74) is 3.30. The van der Waals surface area contributed by atoms with Gasteiger partial charge in [-0.05, 0) is 48.7 Å². The summed E-state index contributed by atoms with van der Waals surface area (Å²) in [5, 5.41) is 2.93. The Bertz CT molecular complexity index is 625. The summed E-state index contributed by atoms with van der Waals surface area (Å²) in [4.78, 5) is 13.1. The van der Waals surface area contributed by atoms with Gasteiger partial charge in [0.25, 0.3) is 0 Å². The van der Waals surface area contributed by atoms with Crippen LogP contribution < -0.4 is 5.32 Å². The summed E-state index contributed by atoms with van der Waals surface area (Å²) in [7, 11) is 0. The maximum atomic E-state index is 12.0. The molecule has 0 aliphatic rings. The van der Waals surface area contributed by atoms with E-state index in [0.29, 0.717) is 5.75 Å². The SMILES string of the molecule is CCc1ccc(NC(=O)CSc2cc(Br)ccc2C)cc1. The number of amides is 1. The van der Waals surface area contributed by atoms with Gasteiger partial charge in [0.2, 0.25) is 5.91 Å². The lowest BCUT2D eigenvalue weighted by atomic mass is 10.1. The quantitative estimate of drug-likeness (QED) is 0.752. The van der Waals surface area contributed by atoms with Crippen LogP contribution in [0.2, 0.25) is 0 Å². The molecule has 2 nitrogen and oxygen atoms in total. The second-order valence-electron chi connectivity index (χ2n) is 4.80. The summed E-state index contributed by atoms with van der Waals surface area (Å²) >= 11 is 5.01. The predicted molar refractivity (Wildman–Crippen MR) is 94.1 cm³/mol. The van der Waals surface area contributed by atoms with Crippen molar-refractivity contribution in [2.45, 2.75) is 25.2 Å². The first-order valence-electron chi connectivity index (χ1n) is 6.86. The Hall–Kier alpha value is -1.26. The van der Waals surface area contributed by atoms with Gasteiger partial charge in [0.05, 0.1) is 5.75 Å². The molecule has 0 saturated carbocycles. The highest BCUT2D eigenvalue weighted by Crippen LogP contribution is 2.26. The van der Waals surface area contributed by atoms with Crippen LogP contribution in [0.15, 0.2) is 51.8 Å². The third kappa shape index (κ3) is 4.90. The molecule has 110 valence electrons. The molecule has 1 N–H and O–H groups in total. The topological polar surface area (TPSA) is 29.1 Å². The van der Waals surface area contributed by atoms with Crippen molar-refractivity contribution in [3.63, 3.8) is 0 Å². The molecule has 2 aromatic carbocycles. The minimum atomic E-state index is 0.0172. The normalized spacial score (nSPS) is 10.4. The molecule has 0 atom stereocenters. The van der Waals surface area contributed by atoms with E-state index in [9.17, 15) is 4.79 Å². The number of benzene rings is 2. The maximum Gasteiger partial charge on any atom is 0.234 e. The van der Waals surface area contributed by atoms with E-state index in [0.717, 1.165) is 21.5 Å². The van der Waals surface area contributed by atoms with Gasteiger partial charge in [0.15, 0.2) is 0 Å². The molecular formula is C17H18BrNOS. The smallest absolute Gasteiger partial charge is 0.234 e. The van der Waals surface area contributed by atoms with Gasteiger partial charge < -0.3 is 5.32 Å². The third-order valence-corrected chi connectivity index (χ3v) is 4.81. The molecular weight excluding hydrogens is 346 g/mol. The lowest BCUT2D eigenvalue weighted by Gasteiger charge is -2.08. The molecule has 0 heterocycles. The van der Waals surface area contributed by atoms with Gasteiger partial charge >= 0.3 is 0 Å². The van der Waals surface area contributed by atoms with Gasteiger partial charge in [-0.2, -0.15) is 0 Å². The van der Waals surface area contributed by atoms with Crippen LogP contribution in [0.1, 0.15) is 18.1 Å². The van der Waals surface area contributed by atoms with Crippen molar-refractivity contribution >= 4 is 39.3 Å². The van der Waals surface area contributed by atoms with E-state index >= 15 is 0 Å². The second-order valence-corrected chi connectivity index (χ2v) is 6.73. The molecule has 1 amide bonds. The number of aryl methyl sites for hydroxylation is 2. The minimum absolute atomic E-state index is 0.0172. The van der Waals surface area contributed by atoms with Gasteiger partial charge in [0.1, 0.15) is 0 Å². The van der Waals surface area contributed by atoms with Crippen molar-refractivity contribution < 1.29 is 4.79 Å². The minimum Gasteiger partial charge on any atom is -0.325 e. The number of carbonyl (C=O) groups is 1. The largest absolute Gasteiger partial charge is 0.325 e.